The minimum absolute atomic E-state index is 0.139. The van der Waals surface area contributed by atoms with Gasteiger partial charge in [0.15, 0.2) is 0 Å². The average molecular weight is 251 g/mol. The van der Waals surface area contributed by atoms with Crippen LogP contribution in [-0.4, -0.2) is 40.0 Å². The van der Waals surface area contributed by atoms with Crippen molar-refractivity contribution >= 4 is 5.78 Å². The van der Waals surface area contributed by atoms with Crippen molar-refractivity contribution in [3.63, 3.8) is 0 Å². The lowest BCUT2D eigenvalue weighted by Gasteiger charge is -2.34. The number of ketones is 1. The van der Waals surface area contributed by atoms with Gasteiger partial charge in [0.05, 0.1) is 0 Å². The predicted octanol–water partition coefficient (Wildman–Crippen LogP) is 1.94. The Bertz CT molecular complexity index is 406. The van der Waals surface area contributed by atoms with Gasteiger partial charge < -0.3 is 9.42 Å². The minimum Gasteiger partial charge on any atom is -0.339 e. The van der Waals surface area contributed by atoms with Crippen LogP contribution in [0.3, 0.4) is 0 Å². The number of rotatable bonds is 4. The highest BCUT2D eigenvalue weighted by Crippen LogP contribution is 2.22. The summed E-state index contributed by atoms with van der Waals surface area (Å²) >= 11 is 0. The maximum Gasteiger partial charge on any atom is 0.238 e. The number of likely N-dealkylation sites (tertiary alicyclic amines) is 1. The molecule has 1 aliphatic rings. The molecule has 0 unspecified atom stereocenters. The lowest BCUT2D eigenvalue weighted by Crippen LogP contribution is -2.38. The van der Waals surface area contributed by atoms with E-state index in [0.717, 1.165) is 32.4 Å². The third-order valence-corrected chi connectivity index (χ3v) is 3.63. The zero-order valence-electron chi connectivity index (χ0n) is 11.3. The smallest absolute Gasteiger partial charge is 0.238 e. The molecule has 5 heteroatoms. The van der Waals surface area contributed by atoms with Crippen LogP contribution in [0.15, 0.2) is 4.52 Å². The van der Waals surface area contributed by atoms with Gasteiger partial charge in [0.2, 0.25) is 17.5 Å². The first kappa shape index (κ1) is 13.2. The highest BCUT2D eigenvalue weighted by atomic mass is 16.5. The molecule has 0 radical (unpaired) electrons. The number of piperidine rings is 1. The van der Waals surface area contributed by atoms with Crippen LogP contribution < -0.4 is 0 Å². The molecular formula is C13H21N3O2. The van der Waals surface area contributed by atoms with Crippen molar-refractivity contribution in [2.45, 2.75) is 46.1 Å². The molecule has 0 spiro atoms. The molecule has 0 N–H and O–H groups in total. The summed E-state index contributed by atoms with van der Waals surface area (Å²) in [6.07, 6.45) is 3.12. The van der Waals surface area contributed by atoms with Gasteiger partial charge in [-0.3, -0.25) is 4.79 Å². The van der Waals surface area contributed by atoms with Gasteiger partial charge in [0.1, 0.15) is 0 Å². The van der Waals surface area contributed by atoms with Crippen molar-refractivity contribution in [1.29, 1.82) is 0 Å². The summed E-state index contributed by atoms with van der Waals surface area (Å²) in [5, 5.41) is 3.68. The lowest BCUT2D eigenvalue weighted by molar-refractivity contribution is 0.100. The van der Waals surface area contributed by atoms with Gasteiger partial charge in [-0.1, -0.05) is 5.16 Å². The van der Waals surface area contributed by atoms with Crippen molar-refractivity contribution < 1.29 is 9.32 Å². The standard InChI is InChI=1S/C13H21N3O2/c1-9(2)16-6-4-11(5-7-16)8-12-14-13(10(3)17)15-18-12/h9,11H,4-8H2,1-3H3. The third kappa shape index (κ3) is 3.16. The number of hydrogen-bond donors (Lipinski definition) is 0. The zero-order chi connectivity index (χ0) is 13.1. The number of hydrogen-bond acceptors (Lipinski definition) is 5. The van der Waals surface area contributed by atoms with Crippen molar-refractivity contribution in [2.75, 3.05) is 13.1 Å². The van der Waals surface area contributed by atoms with Crippen molar-refractivity contribution in [3.8, 4) is 0 Å². The first-order valence-corrected chi connectivity index (χ1v) is 6.64. The minimum atomic E-state index is -0.139. The Kier molecular flexibility index (Phi) is 4.11. The fraction of sp³-hybridized carbons (Fsp3) is 0.769. The lowest BCUT2D eigenvalue weighted by atomic mass is 9.93. The van der Waals surface area contributed by atoms with Gasteiger partial charge >= 0.3 is 0 Å². The normalized spacial score (nSPS) is 18.4. The van der Waals surface area contributed by atoms with E-state index in [1.54, 1.807) is 0 Å². The number of aromatic nitrogens is 2. The molecule has 0 aliphatic carbocycles. The molecule has 0 atom stereocenters. The number of nitrogens with zero attached hydrogens (tertiary/aromatic N) is 3. The Morgan fingerprint density at radius 2 is 2.11 bits per heavy atom. The molecule has 1 fully saturated rings. The topological polar surface area (TPSA) is 59.2 Å². The molecule has 100 valence electrons. The van der Waals surface area contributed by atoms with E-state index in [4.69, 9.17) is 4.52 Å². The van der Waals surface area contributed by atoms with Gasteiger partial charge in [-0.25, -0.2) is 0 Å². The van der Waals surface area contributed by atoms with E-state index < -0.39 is 0 Å². The molecule has 1 aromatic rings. The SMILES string of the molecule is CC(=O)c1noc(CC2CCN(C(C)C)CC2)n1. The van der Waals surface area contributed by atoms with Crippen LogP contribution in [0.4, 0.5) is 0 Å². The largest absolute Gasteiger partial charge is 0.339 e. The molecule has 0 bridgehead atoms. The molecule has 2 heterocycles. The summed E-state index contributed by atoms with van der Waals surface area (Å²) in [5.74, 6) is 1.26. The average Bonchev–Trinajstić information content (AvgIpc) is 2.78. The maximum atomic E-state index is 11.1. The summed E-state index contributed by atoms with van der Waals surface area (Å²) in [7, 11) is 0. The van der Waals surface area contributed by atoms with E-state index in [2.05, 4.69) is 28.9 Å². The Morgan fingerprint density at radius 1 is 1.44 bits per heavy atom. The van der Waals surface area contributed by atoms with Crippen LogP contribution >= 0.6 is 0 Å². The zero-order valence-corrected chi connectivity index (χ0v) is 11.3. The fourth-order valence-corrected chi connectivity index (χ4v) is 2.40. The van der Waals surface area contributed by atoms with Crippen molar-refractivity contribution in [1.82, 2.24) is 15.0 Å². The molecule has 0 saturated carbocycles. The molecule has 1 aliphatic heterocycles. The van der Waals surface area contributed by atoms with Gasteiger partial charge in [-0.15, -0.1) is 0 Å². The van der Waals surface area contributed by atoms with Crippen molar-refractivity contribution in [2.24, 2.45) is 5.92 Å². The van der Waals surface area contributed by atoms with Gasteiger partial charge in [0.25, 0.3) is 0 Å². The predicted molar refractivity (Wildman–Crippen MR) is 67.4 cm³/mol. The summed E-state index contributed by atoms with van der Waals surface area (Å²) in [6, 6.07) is 0.624. The van der Waals surface area contributed by atoms with Gasteiger partial charge in [-0.2, -0.15) is 4.98 Å². The molecule has 18 heavy (non-hydrogen) atoms. The quantitative estimate of drug-likeness (QED) is 0.765. The van der Waals surface area contributed by atoms with Crippen LogP contribution in [0.25, 0.3) is 0 Å². The van der Waals surface area contributed by atoms with E-state index in [9.17, 15) is 4.79 Å². The molecule has 1 saturated heterocycles. The Balaban J connectivity index is 1.85. The van der Waals surface area contributed by atoms with Crippen LogP contribution in [0.1, 0.15) is 50.1 Å². The summed E-state index contributed by atoms with van der Waals surface area (Å²) in [5.41, 5.74) is 0. The number of carbonyl (C=O) groups is 1. The Morgan fingerprint density at radius 3 is 2.61 bits per heavy atom. The van der Waals surface area contributed by atoms with Gasteiger partial charge in [-0.05, 0) is 45.7 Å². The molecule has 1 aromatic heterocycles. The Labute approximate surface area is 108 Å². The first-order valence-electron chi connectivity index (χ1n) is 6.64. The van der Waals surface area contributed by atoms with E-state index in [1.807, 2.05) is 0 Å². The molecule has 0 amide bonds. The molecule has 0 aromatic carbocycles. The van der Waals surface area contributed by atoms with E-state index in [1.165, 1.54) is 6.92 Å². The first-order chi connectivity index (χ1) is 8.56. The molecule has 5 nitrogen and oxygen atoms in total. The van der Waals surface area contributed by atoms with Crippen LogP contribution in [0.5, 0.6) is 0 Å². The second kappa shape index (κ2) is 5.61. The number of carbonyl (C=O) groups excluding carboxylic acids is 1. The summed E-state index contributed by atoms with van der Waals surface area (Å²) in [4.78, 5) is 17.7. The summed E-state index contributed by atoms with van der Waals surface area (Å²) < 4.78 is 5.11. The highest BCUT2D eigenvalue weighted by Gasteiger charge is 2.23. The van der Waals surface area contributed by atoms with E-state index >= 15 is 0 Å². The second-order valence-corrected chi connectivity index (χ2v) is 5.35. The van der Waals surface area contributed by atoms with Crippen molar-refractivity contribution in [3.05, 3.63) is 11.7 Å². The second-order valence-electron chi connectivity index (χ2n) is 5.35. The highest BCUT2D eigenvalue weighted by molar-refractivity contribution is 5.89. The van der Waals surface area contributed by atoms with Gasteiger partial charge in [0, 0.05) is 19.4 Å². The van der Waals surface area contributed by atoms with Crippen LogP contribution in [0, 0.1) is 5.92 Å². The van der Waals surface area contributed by atoms with Crippen LogP contribution in [0.2, 0.25) is 0 Å². The Hall–Kier alpha value is -1.23. The fourth-order valence-electron chi connectivity index (χ4n) is 2.40. The third-order valence-electron chi connectivity index (χ3n) is 3.63. The monoisotopic (exact) mass is 251 g/mol. The molecule has 2 rings (SSSR count). The number of Topliss-reactive ketones (excluding diaryl/α,β-unsaturated/α-hetero) is 1. The maximum absolute atomic E-state index is 11.1. The summed E-state index contributed by atoms with van der Waals surface area (Å²) in [6.45, 7) is 8.19. The van der Waals surface area contributed by atoms with E-state index in [-0.39, 0.29) is 11.6 Å². The van der Waals surface area contributed by atoms with Crippen LogP contribution in [-0.2, 0) is 6.42 Å². The van der Waals surface area contributed by atoms with E-state index in [0.29, 0.717) is 17.9 Å². The molecular weight excluding hydrogens is 230 g/mol.